The van der Waals surface area contributed by atoms with Crippen LogP contribution in [0, 0.1) is 6.92 Å². The van der Waals surface area contributed by atoms with Crippen LogP contribution in [-0.2, 0) is 6.54 Å². The van der Waals surface area contributed by atoms with Gasteiger partial charge >= 0.3 is 0 Å². The van der Waals surface area contributed by atoms with E-state index in [1.54, 1.807) is 23.8 Å². The maximum atomic E-state index is 13.3. The quantitative estimate of drug-likeness (QED) is 0.353. The molecule has 4 aromatic rings. The fourth-order valence-electron chi connectivity index (χ4n) is 3.32. The summed E-state index contributed by atoms with van der Waals surface area (Å²) in [6.45, 7) is 2.91. The van der Waals surface area contributed by atoms with Gasteiger partial charge in [0.2, 0.25) is 0 Å². The van der Waals surface area contributed by atoms with Crippen molar-refractivity contribution in [2.45, 2.75) is 19.9 Å². The SMILES string of the molecule is COc1ccc(-c2csc3nc(C)n(CCCOc4ccc(Cl)cc4)c(=O)c23)cc1. The lowest BCUT2D eigenvalue weighted by molar-refractivity contribution is 0.300. The summed E-state index contributed by atoms with van der Waals surface area (Å²) in [5.41, 5.74) is 1.86. The summed E-state index contributed by atoms with van der Waals surface area (Å²) in [6.07, 6.45) is 0.693. The van der Waals surface area contributed by atoms with Gasteiger partial charge < -0.3 is 9.47 Å². The van der Waals surface area contributed by atoms with E-state index in [1.165, 1.54) is 11.3 Å². The molecule has 0 bridgehead atoms. The first kappa shape index (κ1) is 20.4. The molecule has 0 spiro atoms. The van der Waals surface area contributed by atoms with Crippen molar-refractivity contribution in [3.05, 3.63) is 75.1 Å². The number of thiophene rings is 1. The van der Waals surface area contributed by atoms with Gasteiger partial charge in [0.25, 0.3) is 5.56 Å². The Labute approximate surface area is 183 Å². The van der Waals surface area contributed by atoms with Gasteiger partial charge in [0.1, 0.15) is 22.2 Å². The highest BCUT2D eigenvalue weighted by atomic mass is 35.5. The first-order valence-electron chi connectivity index (χ1n) is 9.58. The Morgan fingerprint density at radius 1 is 1.07 bits per heavy atom. The minimum Gasteiger partial charge on any atom is -0.497 e. The monoisotopic (exact) mass is 440 g/mol. The zero-order valence-corrected chi connectivity index (χ0v) is 18.3. The van der Waals surface area contributed by atoms with Crippen LogP contribution in [0.3, 0.4) is 0 Å². The number of benzene rings is 2. The summed E-state index contributed by atoms with van der Waals surface area (Å²) in [7, 11) is 1.64. The number of halogens is 1. The zero-order valence-electron chi connectivity index (χ0n) is 16.7. The molecule has 0 aliphatic heterocycles. The molecular formula is C23H21ClN2O3S. The Morgan fingerprint density at radius 2 is 1.77 bits per heavy atom. The lowest BCUT2D eigenvalue weighted by Crippen LogP contribution is -2.24. The normalized spacial score (nSPS) is 11.0. The molecule has 0 saturated heterocycles. The standard InChI is InChI=1S/C23H21ClN2O3S/c1-15-25-22-21(20(14-30-22)16-4-8-18(28-2)9-5-16)23(27)26(15)12-3-13-29-19-10-6-17(24)7-11-19/h4-11,14H,3,12-13H2,1-2H3. The maximum absolute atomic E-state index is 13.3. The third-order valence-electron chi connectivity index (χ3n) is 4.89. The van der Waals surface area contributed by atoms with Crippen molar-refractivity contribution in [2.75, 3.05) is 13.7 Å². The molecule has 2 heterocycles. The van der Waals surface area contributed by atoms with Crippen molar-refractivity contribution in [3.8, 4) is 22.6 Å². The summed E-state index contributed by atoms with van der Waals surface area (Å²) >= 11 is 7.38. The molecule has 0 N–H and O–H groups in total. The molecule has 7 heteroatoms. The topological polar surface area (TPSA) is 53.4 Å². The van der Waals surface area contributed by atoms with Crippen molar-refractivity contribution < 1.29 is 9.47 Å². The molecule has 0 amide bonds. The van der Waals surface area contributed by atoms with E-state index in [1.807, 2.05) is 48.7 Å². The van der Waals surface area contributed by atoms with E-state index in [-0.39, 0.29) is 5.56 Å². The molecule has 30 heavy (non-hydrogen) atoms. The molecule has 2 aromatic carbocycles. The Hall–Kier alpha value is -2.83. The number of aromatic nitrogens is 2. The van der Waals surface area contributed by atoms with Gasteiger partial charge in [0.05, 0.1) is 19.1 Å². The lowest BCUT2D eigenvalue weighted by Gasteiger charge is -2.11. The molecule has 0 aliphatic carbocycles. The van der Waals surface area contributed by atoms with E-state index < -0.39 is 0 Å². The molecule has 2 aromatic heterocycles. The highest BCUT2D eigenvalue weighted by Crippen LogP contribution is 2.32. The number of methoxy groups -OCH3 is 1. The van der Waals surface area contributed by atoms with E-state index >= 15 is 0 Å². The Kier molecular flexibility index (Phi) is 6.06. The van der Waals surface area contributed by atoms with Gasteiger partial charge in [-0.1, -0.05) is 23.7 Å². The van der Waals surface area contributed by atoms with Gasteiger partial charge in [0.15, 0.2) is 0 Å². The second-order valence-electron chi connectivity index (χ2n) is 6.83. The van der Waals surface area contributed by atoms with Crippen molar-refractivity contribution >= 4 is 33.2 Å². The fourth-order valence-corrected chi connectivity index (χ4v) is 4.43. The molecule has 0 radical (unpaired) electrons. The number of nitrogens with zero attached hydrogens (tertiary/aromatic N) is 2. The van der Waals surface area contributed by atoms with Crippen molar-refractivity contribution in [1.82, 2.24) is 9.55 Å². The molecular weight excluding hydrogens is 420 g/mol. The Bertz CT molecular complexity index is 1210. The van der Waals surface area contributed by atoms with Crippen LogP contribution >= 0.6 is 22.9 Å². The molecule has 0 saturated carbocycles. The fraction of sp³-hybridized carbons (Fsp3) is 0.217. The smallest absolute Gasteiger partial charge is 0.262 e. The van der Waals surface area contributed by atoms with Crippen LogP contribution in [0.15, 0.2) is 58.7 Å². The number of rotatable bonds is 7. The molecule has 0 unspecified atom stereocenters. The van der Waals surface area contributed by atoms with E-state index in [4.69, 9.17) is 21.1 Å². The molecule has 4 rings (SSSR count). The van der Waals surface area contributed by atoms with E-state index in [9.17, 15) is 4.79 Å². The average Bonchev–Trinajstić information content (AvgIpc) is 3.18. The predicted octanol–water partition coefficient (Wildman–Crippen LogP) is 5.56. The first-order chi connectivity index (χ1) is 14.6. The summed E-state index contributed by atoms with van der Waals surface area (Å²) in [4.78, 5) is 18.7. The molecule has 0 aliphatic rings. The second kappa shape index (κ2) is 8.90. The minimum atomic E-state index is -0.0175. The summed E-state index contributed by atoms with van der Waals surface area (Å²) < 4.78 is 12.7. The highest BCUT2D eigenvalue weighted by Gasteiger charge is 2.15. The number of hydrogen-bond acceptors (Lipinski definition) is 5. The molecule has 5 nitrogen and oxygen atoms in total. The highest BCUT2D eigenvalue weighted by molar-refractivity contribution is 7.17. The van der Waals surface area contributed by atoms with Crippen LogP contribution in [0.1, 0.15) is 12.2 Å². The predicted molar refractivity (Wildman–Crippen MR) is 122 cm³/mol. The first-order valence-corrected chi connectivity index (χ1v) is 10.8. The van der Waals surface area contributed by atoms with Crippen molar-refractivity contribution in [1.29, 1.82) is 0 Å². The molecule has 0 fully saturated rings. The van der Waals surface area contributed by atoms with Gasteiger partial charge in [-0.15, -0.1) is 11.3 Å². The van der Waals surface area contributed by atoms with Crippen LogP contribution in [-0.4, -0.2) is 23.3 Å². The molecule has 0 atom stereocenters. The number of fused-ring (bicyclic) bond motifs is 1. The van der Waals surface area contributed by atoms with E-state index in [0.29, 0.717) is 35.8 Å². The molecule has 154 valence electrons. The van der Waals surface area contributed by atoms with E-state index in [0.717, 1.165) is 27.5 Å². The third kappa shape index (κ3) is 4.20. The van der Waals surface area contributed by atoms with Crippen LogP contribution in [0.5, 0.6) is 11.5 Å². The van der Waals surface area contributed by atoms with Gasteiger partial charge in [0, 0.05) is 22.5 Å². The van der Waals surface area contributed by atoms with Gasteiger partial charge in [-0.25, -0.2) is 4.98 Å². The summed E-state index contributed by atoms with van der Waals surface area (Å²) in [5, 5.41) is 3.33. The second-order valence-corrected chi connectivity index (χ2v) is 8.12. The number of ether oxygens (including phenoxy) is 2. The maximum Gasteiger partial charge on any atom is 0.262 e. The van der Waals surface area contributed by atoms with Gasteiger partial charge in [-0.3, -0.25) is 9.36 Å². The average molecular weight is 441 g/mol. The van der Waals surface area contributed by atoms with Crippen LogP contribution in [0.2, 0.25) is 5.02 Å². The van der Waals surface area contributed by atoms with Crippen molar-refractivity contribution in [3.63, 3.8) is 0 Å². The van der Waals surface area contributed by atoms with Gasteiger partial charge in [-0.2, -0.15) is 0 Å². The Balaban J connectivity index is 1.55. The number of hydrogen-bond donors (Lipinski definition) is 0. The summed E-state index contributed by atoms with van der Waals surface area (Å²) in [5.74, 6) is 2.25. The third-order valence-corrected chi connectivity index (χ3v) is 6.02. The van der Waals surface area contributed by atoms with Gasteiger partial charge in [-0.05, 0) is 55.3 Å². The minimum absolute atomic E-state index is 0.0175. The van der Waals surface area contributed by atoms with Crippen molar-refractivity contribution in [2.24, 2.45) is 0 Å². The zero-order chi connectivity index (χ0) is 21.1. The van der Waals surface area contributed by atoms with Crippen LogP contribution in [0.4, 0.5) is 0 Å². The van der Waals surface area contributed by atoms with Crippen LogP contribution in [0.25, 0.3) is 21.3 Å². The number of aryl methyl sites for hydroxylation is 1. The summed E-state index contributed by atoms with van der Waals surface area (Å²) in [6, 6.07) is 15.0. The Morgan fingerprint density at radius 3 is 2.47 bits per heavy atom. The lowest BCUT2D eigenvalue weighted by atomic mass is 10.1. The van der Waals surface area contributed by atoms with Crippen LogP contribution < -0.4 is 15.0 Å². The largest absolute Gasteiger partial charge is 0.497 e. The van der Waals surface area contributed by atoms with E-state index in [2.05, 4.69) is 4.98 Å².